The van der Waals surface area contributed by atoms with Crippen LogP contribution < -0.4 is 0 Å². The molecule has 1 heterocycles. The zero-order chi connectivity index (χ0) is 21.3. The average molecular weight is 402 g/mol. The van der Waals surface area contributed by atoms with Gasteiger partial charge in [-0.3, -0.25) is 9.69 Å². The lowest BCUT2D eigenvalue weighted by Crippen LogP contribution is -2.40. The van der Waals surface area contributed by atoms with Crippen LogP contribution in [0, 0.1) is 17.8 Å². The first-order valence-electron chi connectivity index (χ1n) is 11.0. The Bertz CT molecular complexity index is 990. The molecular formula is C27H31NO2. The number of aliphatic carboxylic acids is 1. The standard InChI is InChI=1S/C27H31NO2/c1-19(2)23-9-6-21(7-10-23)4-5-22-8-11-24-17-28(16-20(3)14-26(29)30)18-27(12-13-27)25(24)15-22/h6-11,15,19-20H,12-14,16-18H2,1-3H3,(H,29,30). The second kappa shape index (κ2) is 8.28. The lowest BCUT2D eigenvalue weighted by molar-refractivity contribution is -0.138. The molecule has 0 radical (unpaired) electrons. The van der Waals surface area contributed by atoms with Crippen molar-refractivity contribution in [1.29, 1.82) is 0 Å². The molecule has 2 aliphatic rings. The Labute approximate surface area is 180 Å². The largest absolute Gasteiger partial charge is 0.481 e. The number of carbonyl (C=O) groups is 1. The minimum absolute atomic E-state index is 0.173. The number of benzene rings is 2. The molecule has 1 aliphatic heterocycles. The zero-order valence-corrected chi connectivity index (χ0v) is 18.2. The van der Waals surface area contributed by atoms with E-state index in [-0.39, 0.29) is 17.8 Å². The molecule has 1 N–H and O–H groups in total. The van der Waals surface area contributed by atoms with Gasteiger partial charge in [0, 0.05) is 42.6 Å². The Kier molecular flexibility index (Phi) is 5.71. The summed E-state index contributed by atoms with van der Waals surface area (Å²) in [5.74, 6) is 6.68. The Morgan fingerprint density at radius 3 is 2.37 bits per heavy atom. The van der Waals surface area contributed by atoms with Crippen LogP contribution in [0.2, 0.25) is 0 Å². The summed E-state index contributed by atoms with van der Waals surface area (Å²) in [5.41, 5.74) is 6.58. The van der Waals surface area contributed by atoms with Crippen LogP contribution in [0.1, 0.15) is 73.8 Å². The normalized spacial score (nSPS) is 17.9. The second-order valence-electron chi connectivity index (χ2n) is 9.55. The second-order valence-corrected chi connectivity index (χ2v) is 9.55. The molecule has 3 heteroatoms. The molecule has 4 rings (SSSR count). The highest BCUT2D eigenvalue weighted by molar-refractivity contribution is 5.67. The van der Waals surface area contributed by atoms with Crippen LogP contribution in [0.25, 0.3) is 0 Å². The number of hydrogen-bond acceptors (Lipinski definition) is 2. The van der Waals surface area contributed by atoms with E-state index < -0.39 is 5.97 Å². The van der Waals surface area contributed by atoms with Crippen molar-refractivity contribution in [2.75, 3.05) is 13.1 Å². The van der Waals surface area contributed by atoms with Gasteiger partial charge in [-0.1, -0.05) is 50.8 Å². The molecule has 0 saturated heterocycles. The third kappa shape index (κ3) is 4.60. The highest BCUT2D eigenvalue weighted by Crippen LogP contribution is 2.52. The molecule has 1 unspecified atom stereocenters. The number of fused-ring (bicyclic) bond motifs is 2. The van der Waals surface area contributed by atoms with Gasteiger partial charge in [-0.15, -0.1) is 0 Å². The maximum atomic E-state index is 11.0. The summed E-state index contributed by atoms with van der Waals surface area (Å²) < 4.78 is 0. The predicted molar refractivity (Wildman–Crippen MR) is 121 cm³/mol. The van der Waals surface area contributed by atoms with E-state index in [0.29, 0.717) is 5.92 Å². The van der Waals surface area contributed by atoms with Gasteiger partial charge in [0.1, 0.15) is 0 Å². The smallest absolute Gasteiger partial charge is 0.303 e. The molecule has 0 amide bonds. The molecule has 1 atom stereocenters. The van der Waals surface area contributed by atoms with Gasteiger partial charge in [-0.25, -0.2) is 0 Å². The van der Waals surface area contributed by atoms with Crippen molar-refractivity contribution in [2.24, 2.45) is 5.92 Å². The Morgan fingerprint density at radius 1 is 1.07 bits per heavy atom. The SMILES string of the molecule is CC(CC(=O)O)CN1Cc2ccc(C#Cc3ccc(C(C)C)cc3)cc2C2(CC2)C1. The van der Waals surface area contributed by atoms with Gasteiger partial charge in [0.2, 0.25) is 0 Å². The fourth-order valence-corrected chi connectivity index (χ4v) is 4.70. The third-order valence-electron chi connectivity index (χ3n) is 6.48. The van der Waals surface area contributed by atoms with Crippen LogP contribution in [0.15, 0.2) is 42.5 Å². The van der Waals surface area contributed by atoms with Crippen LogP contribution in [0.3, 0.4) is 0 Å². The van der Waals surface area contributed by atoms with Crippen molar-refractivity contribution < 1.29 is 9.90 Å². The summed E-state index contributed by atoms with van der Waals surface area (Å²) in [5, 5.41) is 9.06. The molecule has 2 aromatic carbocycles. The first-order valence-corrected chi connectivity index (χ1v) is 11.0. The maximum absolute atomic E-state index is 11.0. The molecule has 1 aliphatic carbocycles. The molecule has 1 spiro atoms. The van der Waals surface area contributed by atoms with E-state index in [9.17, 15) is 4.79 Å². The molecule has 156 valence electrons. The minimum atomic E-state index is -0.705. The highest BCUT2D eigenvalue weighted by atomic mass is 16.4. The molecule has 30 heavy (non-hydrogen) atoms. The Hall–Kier alpha value is -2.57. The third-order valence-corrected chi connectivity index (χ3v) is 6.48. The van der Waals surface area contributed by atoms with Crippen LogP contribution in [-0.2, 0) is 16.8 Å². The van der Waals surface area contributed by atoms with E-state index in [1.807, 2.05) is 6.92 Å². The molecule has 0 bridgehead atoms. The number of hydrogen-bond donors (Lipinski definition) is 1. The lowest BCUT2D eigenvalue weighted by atomic mass is 9.85. The van der Waals surface area contributed by atoms with E-state index in [4.69, 9.17) is 5.11 Å². The van der Waals surface area contributed by atoms with Crippen LogP contribution in [0.4, 0.5) is 0 Å². The van der Waals surface area contributed by atoms with Gasteiger partial charge in [-0.05, 0) is 65.6 Å². The predicted octanol–water partition coefficient (Wildman–Crippen LogP) is 5.17. The summed E-state index contributed by atoms with van der Waals surface area (Å²) in [4.78, 5) is 13.5. The van der Waals surface area contributed by atoms with Gasteiger partial charge in [0.25, 0.3) is 0 Å². The van der Waals surface area contributed by atoms with Gasteiger partial charge in [-0.2, -0.15) is 0 Å². The number of nitrogens with zero attached hydrogens (tertiary/aromatic N) is 1. The topological polar surface area (TPSA) is 40.5 Å². The van der Waals surface area contributed by atoms with Gasteiger partial charge in [0.15, 0.2) is 0 Å². The number of rotatable bonds is 5. The summed E-state index contributed by atoms with van der Waals surface area (Å²) in [6.07, 6.45) is 2.68. The summed E-state index contributed by atoms with van der Waals surface area (Å²) >= 11 is 0. The highest BCUT2D eigenvalue weighted by Gasteiger charge is 2.49. The lowest BCUT2D eigenvalue weighted by Gasteiger charge is -2.36. The quantitative estimate of drug-likeness (QED) is 0.703. The zero-order valence-electron chi connectivity index (χ0n) is 18.2. The number of carboxylic acids is 1. The maximum Gasteiger partial charge on any atom is 0.303 e. The fourth-order valence-electron chi connectivity index (χ4n) is 4.70. The molecule has 1 saturated carbocycles. The molecule has 2 aromatic rings. The van der Waals surface area contributed by atoms with E-state index in [2.05, 4.69) is 73.1 Å². The Balaban J connectivity index is 1.50. The van der Waals surface area contributed by atoms with Gasteiger partial charge >= 0.3 is 5.97 Å². The van der Waals surface area contributed by atoms with Crippen molar-refractivity contribution in [3.8, 4) is 11.8 Å². The van der Waals surface area contributed by atoms with Crippen molar-refractivity contribution in [2.45, 2.75) is 57.9 Å². The first-order chi connectivity index (χ1) is 14.3. The van der Waals surface area contributed by atoms with Crippen molar-refractivity contribution in [3.05, 3.63) is 70.3 Å². The van der Waals surface area contributed by atoms with Gasteiger partial charge in [0.05, 0.1) is 0 Å². The molecule has 0 aromatic heterocycles. The van der Waals surface area contributed by atoms with Crippen molar-refractivity contribution in [1.82, 2.24) is 4.90 Å². The van der Waals surface area contributed by atoms with Gasteiger partial charge < -0.3 is 5.11 Å². The Morgan fingerprint density at radius 2 is 1.73 bits per heavy atom. The van der Waals surface area contributed by atoms with Crippen LogP contribution in [0.5, 0.6) is 0 Å². The first kappa shape index (κ1) is 20.7. The van der Waals surface area contributed by atoms with E-state index in [1.54, 1.807) is 0 Å². The summed E-state index contributed by atoms with van der Waals surface area (Å²) in [6, 6.07) is 15.2. The van der Waals surface area contributed by atoms with Crippen molar-refractivity contribution >= 4 is 5.97 Å². The van der Waals surface area contributed by atoms with Crippen molar-refractivity contribution in [3.63, 3.8) is 0 Å². The average Bonchev–Trinajstić information content (AvgIpc) is 3.46. The molecule has 1 fully saturated rings. The van der Waals surface area contributed by atoms with Crippen LogP contribution >= 0.6 is 0 Å². The van der Waals surface area contributed by atoms with E-state index in [0.717, 1.165) is 30.8 Å². The number of carboxylic acid groups (broad SMARTS) is 1. The van der Waals surface area contributed by atoms with E-state index in [1.165, 1.54) is 29.5 Å². The summed E-state index contributed by atoms with van der Waals surface area (Å²) in [6.45, 7) is 9.24. The monoisotopic (exact) mass is 401 g/mol. The molecule has 3 nitrogen and oxygen atoms in total. The van der Waals surface area contributed by atoms with Crippen LogP contribution in [-0.4, -0.2) is 29.1 Å². The minimum Gasteiger partial charge on any atom is -0.481 e. The summed E-state index contributed by atoms with van der Waals surface area (Å²) in [7, 11) is 0. The fraction of sp³-hybridized carbons (Fsp3) is 0.444. The van der Waals surface area contributed by atoms with E-state index >= 15 is 0 Å². The molecular weight excluding hydrogens is 370 g/mol.